The highest BCUT2D eigenvalue weighted by molar-refractivity contribution is 5.48. The minimum absolute atomic E-state index is 0.161. The maximum absolute atomic E-state index is 10.2. The van der Waals surface area contributed by atoms with Crippen LogP contribution >= 0.6 is 0 Å². The summed E-state index contributed by atoms with van der Waals surface area (Å²) in [4.78, 5) is 0. The van der Waals surface area contributed by atoms with Gasteiger partial charge in [0.05, 0.1) is 13.2 Å². The van der Waals surface area contributed by atoms with Gasteiger partial charge in [0.2, 0.25) is 0 Å². The van der Waals surface area contributed by atoms with Crippen molar-refractivity contribution in [2.24, 2.45) is 0 Å². The van der Waals surface area contributed by atoms with E-state index in [0.29, 0.717) is 18.0 Å². The summed E-state index contributed by atoms with van der Waals surface area (Å²) >= 11 is 0. The third kappa shape index (κ3) is 3.62. The summed E-state index contributed by atoms with van der Waals surface area (Å²) in [5.41, 5.74) is 0.753. The lowest BCUT2D eigenvalue weighted by Gasteiger charge is -2.26. The maximum Gasteiger partial charge on any atom is 0.166 e. The summed E-state index contributed by atoms with van der Waals surface area (Å²) in [7, 11) is 3.42. The highest BCUT2D eigenvalue weighted by Crippen LogP contribution is 2.35. The van der Waals surface area contributed by atoms with Crippen molar-refractivity contribution in [2.75, 3.05) is 33.8 Å². The van der Waals surface area contributed by atoms with Gasteiger partial charge >= 0.3 is 0 Å². The van der Waals surface area contributed by atoms with Crippen molar-refractivity contribution >= 4 is 0 Å². The Kier molecular flexibility index (Phi) is 5.64. The summed E-state index contributed by atoms with van der Waals surface area (Å²) in [6.45, 7) is 2.38. The van der Waals surface area contributed by atoms with E-state index in [2.05, 4.69) is 10.6 Å². The van der Waals surface area contributed by atoms with Gasteiger partial charge in [0.15, 0.2) is 11.5 Å². The quantitative estimate of drug-likeness (QED) is 0.728. The van der Waals surface area contributed by atoms with Gasteiger partial charge in [-0.25, -0.2) is 0 Å². The van der Waals surface area contributed by atoms with Crippen LogP contribution in [0.3, 0.4) is 0 Å². The summed E-state index contributed by atoms with van der Waals surface area (Å²) in [6, 6.07) is 5.65. The van der Waals surface area contributed by atoms with Gasteiger partial charge in [-0.3, -0.25) is 0 Å². The molecule has 0 amide bonds. The van der Waals surface area contributed by atoms with Crippen molar-refractivity contribution in [1.29, 1.82) is 0 Å². The molecule has 1 aromatic rings. The van der Waals surface area contributed by atoms with Gasteiger partial charge in [-0.15, -0.1) is 0 Å². The van der Waals surface area contributed by atoms with Crippen LogP contribution in [0, 0.1) is 0 Å². The number of aliphatic hydroxyl groups is 1. The van der Waals surface area contributed by atoms with Crippen LogP contribution in [0.2, 0.25) is 0 Å². The van der Waals surface area contributed by atoms with Gasteiger partial charge in [0, 0.05) is 18.7 Å². The summed E-state index contributed by atoms with van der Waals surface area (Å²) in [5.74, 6) is 1.33. The SMILES string of the molecule is CNCC(O)c1cccc(OC2CCCNC2)c1OC. The van der Waals surface area contributed by atoms with Crippen molar-refractivity contribution in [1.82, 2.24) is 10.6 Å². The Labute approximate surface area is 120 Å². The van der Waals surface area contributed by atoms with Crippen LogP contribution in [-0.4, -0.2) is 45.0 Å². The zero-order valence-corrected chi connectivity index (χ0v) is 12.2. The number of rotatable bonds is 6. The zero-order chi connectivity index (χ0) is 14.4. The predicted molar refractivity (Wildman–Crippen MR) is 78.4 cm³/mol. The van der Waals surface area contributed by atoms with Crippen LogP contribution in [0.15, 0.2) is 18.2 Å². The number of hydrogen-bond acceptors (Lipinski definition) is 5. The molecule has 5 nitrogen and oxygen atoms in total. The van der Waals surface area contributed by atoms with E-state index in [9.17, 15) is 5.11 Å². The van der Waals surface area contributed by atoms with Crippen LogP contribution in [0.4, 0.5) is 0 Å². The van der Waals surface area contributed by atoms with Gasteiger partial charge in [-0.05, 0) is 32.5 Å². The number of benzene rings is 1. The lowest BCUT2D eigenvalue weighted by molar-refractivity contribution is 0.153. The van der Waals surface area contributed by atoms with Crippen molar-refractivity contribution in [3.8, 4) is 11.5 Å². The Morgan fingerprint density at radius 2 is 2.35 bits per heavy atom. The van der Waals surface area contributed by atoms with Crippen molar-refractivity contribution < 1.29 is 14.6 Å². The normalized spacial score (nSPS) is 20.4. The number of para-hydroxylation sites is 1. The van der Waals surface area contributed by atoms with Gasteiger partial charge in [-0.2, -0.15) is 0 Å². The molecule has 0 radical (unpaired) electrons. The first-order valence-electron chi connectivity index (χ1n) is 7.13. The van der Waals surface area contributed by atoms with Crippen molar-refractivity contribution in [3.63, 3.8) is 0 Å². The lowest BCUT2D eigenvalue weighted by atomic mass is 10.1. The molecule has 5 heteroatoms. The molecule has 20 heavy (non-hydrogen) atoms. The number of piperidine rings is 1. The maximum atomic E-state index is 10.2. The first-order chi connectivity index (χ1) is 9.76. The Morgan fingerprint density at radius 3 is 3.00 bits per heavy atom. The largest absolute Gasteiger partial charge is 0.492 e. The van der Waals surface area contributed by atoms with E-state index in [0.717, 1.165) is 31.5 Å². The van der Waals surface area contributed by atoms with Gasteiger partial charge in [0.1, 0.15) is 6.10 Å². The monoisotopic (exact) mass is 280 g/mol. The van der Waals surface area contributed by atoms with Gasteiger partial charge < -0.3 is 25.2 Å². The van der Waals surface area contributed by atoms with Crippen molar-refractivity contribution in [2.45, 2.75) is 25.0 Å². The molecule has 1 saturated heterocycles. The van der Waals surface area contributed by atoms with Crippen LogP contribution in [0.5, 0.6) is 11.5 Å². The molecule has 1 aliphatic heterocycles. The fraction of sp³-hybridized carbons (Fsp3) is 0.600. The highest BCUT2D eigenvalue weighted by Gasteiger charge is 2.20. The minimum atomic E-state index is -0.608. The average Bonchev–Trinajstić information content (AvgIpc) is 2.48. The van der Waals surface area contributed by atoms with E-state index in [1.165, 1.54) is 0 Å². The second kappa shape index (κ2) is 7.47. The molecule has 1 aliphatic rings. The molecule has 1 fully saturated rings. The number of hydrogen-bond donors (Lipinski definition) is 3. The number of nitrogens with one attached hydrogen (secondary N) is 2. The zero-order valence-electron chi connectivity index (χ0n) is 12.2. The van der Waals surface area contributed by atoms with E-state index in [1.54, 1.807) is 7.11 Å². The van der Waals surface area contributed by atoms with Crippen LogP contribution in [0.25, 0.3) is 0 Å². The second-order valence-electron chi connectivity index (χ2n) is 5.04. The molecule has 2 unspecified atom stereocenters. The van der Waals surface area contributed by atoms with E-state index in [-0.39, 0.29) is 6.10 Å². The summed E-state index contributed by atoms with van der Waals surface area (Å²) in [6.07, 6.45) is 1.71. The van der Waals surface area contributed by atoms with E-state index >= 15 is 0 Å². The molecule has 0 aromatic heterocycles. The molecule has 0 spiro atoms. The third-order valence-corrected chi connectivity index (χ3v) is 3.52. The first kappa shape index (κ1) is 15.1. The van der Waals surface area contributed by atoms with Crippen LogP contribution in [0.1, 0.15) is 24.5 Å². The Morgan fingerprint density at radius 1 is 1.50 bits per heavy atom. The lowest BCUT2D eigenvalue weighted by Crippen LogP contribution is -2.37. The molecule has 3 N–H and O–H groups in total. The predicted octanol–water partition coefficient (Wildman–Crippen LogP) is 1.08. The first-order valence-corrected chi connectivity index (χ1v) is 7.13. The molecule has 1 heterocycles. The molecule has 1 aromatic carbocycles. The fourth-order valence-electron chi connectivity index (χ4n) is 2.51. The molecular weight excluding hydrogens is 256 g/mol. The second-order valence-corrected chi connectivity index (χ2v) is 5.04. The number of aliphatic hydroxyl groups excluding tert-OH is 1. The summed E-state index contributed by atoms with van der Waals surface area (Å²) in [5, 5.41) is 16.4. The van der Waals surface area contributed by atoms with Crippen molar-refractivity contribution in [3.05, 3.63) is 23.8 Å². The van der Waals surface area contributed by atoms with Gasteiger partial charge in [0.25, 0.3) is 0 Å². The number of methoxy groups -OCH3 is 1. The molecule has 112 valence electrons. The Balaban J connectivity index is 2.17. The molecule has 2 rings (SSSR count). The average molecular weight is 280 g/mol. The topological polar surface area (TPSA) is 62.8 Å². The van der Waals surface area contributed by atoms with E-state index in [4.69, 9.17) is 9.47 Å². The third-order valence-electron chi connectivity index (χ3n) is 3.52. The fourth-order valence-corrected chi connectivity index (χ4v) is 2.51. The van der Waals surface area contributed by atoms with E-state index < -0.39 is 6.10 Å². The summed E-state index contributed by atoms with van der Waals surface area (Å²) < 4.78 is 11.5. The molecule has 0 saturated carbocycles. The Bertz CT molecular complexity index is 420. The number of ether oxygens (including phenoxy) is 2. The van der Waals surface area contributed by atoms with E-state index in [1.807, 2.05) is 25.2 Å². The van der Waals surface area contributed by atoms with Crippen LogP contribution in [-0.2, 0) is 0 Å². The highest BCUT2D eigenvalue weighted by atomic mass is 16.5. The molecular formula is C15H24N2O3. The van der Waals surface area contributed by atoms with Gasteiger partial charge in [-0.1, -0.05) is 12.1 Å². The minimum Gasteiger partial charge on any atom is -0.492 e. The Hall–Kier alpha value is -1.30. The van der Waals surface area contributed by atoms with Crippen LogP contribution < -0.4 is 20.1 Å². The molecule has 0 bridgehead atoms. The standard InChI is InChI=1S/C15H24N2O3/c1-16-10-13(18)12-6-3-7-14(15(12)19-2)20-11-5-4-8-17-9-11/h3,6-7,11,13,16-18H,4-5,8-10H2,1-2H3. The molecule has 2 atom stereocenters. The molecule has 0 aliphatic carbocycles. The smallest absolute Gasteiger partial charge is 0.166 e. The number of likely N-dealkylation sites (N-methyl/N-ethyl adjacent to an activating group) is 1.